The molecule has 8 nitrogen and oxygen atoms in total. The maximum atomic E-state index is 11.9. The van der Waals surface area contributed by atoms with E-state index in [1.54, 1.807) is 12.1 Å². The minimum absolute atomic E-state index is 0.0481. The van der Waals surface area contributed by atoms with E-state index in [2.05, 4.69) is 54.3 Å². The summed E-state index contributed by atoms with van der Waals surface area (Å²) < 4.78 is 0. The Bertz CT molecular complexity index is 1360. The van der Waals surface area contributed by atoms with Crippen LogP contribution >= 0.6 is 0 Å². The van der Waals surface area contributed by atoms with Gasteiger partial charge in [-0.15, -0.1) is 0 Å². The van der Waals surface area contributed by atoms with Gasteiger partial charge in [0.05, 0.1) is 12.2 Å². The minimum Gasteiger partial charge on any atom is -0.391 e. The normalized spacial score (nSPS) is 10.5. The van der Waals surface area contributed by atoms with E-state index in [9.17, 15) is 9.59 Å². The molecule has 210 valence electrons. The average molecular weight is 547 g/mol. The summed E-state index contributed by atoms with van der Waals surface area (Å²) in [6.45, 7) is 11.9. The molecule has 0 fully saturated rings. The Morgan fingerprint density at radius 3 is 2.12 bits per heavy atom. The van der Waals surface area contributed by atoms with Crippen LogP contribution in [0.2, 0.25) is 0 Å². The largest absolute Gasteiger partial charge is 0.391 e. The summed E-state index contributed by atoms with van der Waals surface area (Å²) in [5.74, 6) is -1.90. The third-order valence-corrected chi connectivity index (χ3v) is 6.11. The molecule has 0 unspecified atom stereocenters. The zero-order valence-electron chi connectivity index (χ0n) is 23.0. The molecular weight excluding hydrogens is 512 g/mol. The SMILES string of the molecule is C=C(C)C(=O)OOOc1ccc(-c2ccc(-c3ccc(CCCCC)cc3)c(C)c2)cc1OOC(=O)C(=C)CO. The van der Waals surface area contributed by atoms with Gasteiger partial charge in [0.2, 0.25) is 11.5 Å². The smallest absolute Gasteiger partial charge is 0.383 e. The Morgan fingerprint density at radius 1 is 0.800 bits per heavy atom. The Kier molecular flexibility index (Phi) is 11.1. The maximum Gasteiger partial charge on any atom is 0.383 e. The summed E-state index contributed by atoms with van der Waals surface area (Å²) in [6.07, 6.45) is 4.72. The Labute approximate surface area is 234 Å². The number of unbranched alkanes of at least 4 members (excludes halogenated alkanes) is 2. The second-order valence-electron chi connectivity index (χ2n) is 9.36. The highest BCUT2D eigenvalue weighted by Crippen LogP contribution is 2.35. The van der Waals surface area contributed by atoms with E-state index in [1.165, 1.54) is 37.8 Å². The molecule has 0 heterocycles. The van der Waals surface area contributed by atoms with Crippen LogP contribution in [-0.2, 0) is 30.8 Å². The van der Waals surface area contributed by atoms with Crippen LogP contribution in [-0.4, -0.2) is 23.7 Å². The first kappa shape index (κ1) is 30.1. The highest BCUT2D eigenvalue weighted by atomic mass is 17.5. The predicted octanol–water partition coefficient (Wildman–Crippen LogP) is 6.79. The van der Waals surface area contributed by atoms with Gasteiger partial charge in [0, 0.05) is 10.6 Å². The highest BCUT2D eigenvalue weighted by Gasteiger charge is 2.17. The number of carbonyl (C=O) groups excluding carboxylic acids is 2. The van der Waals surface area contributed by atoms with Crippen LogP contribution in [0.25, 0.3) is 22.3 Å². The van der Waals surface area contributed by atoms with Crippen molar-refractivity contribution in [1.29, 1.82) is 0 Å². The van der Waals surface area contributed by atoms with E-state index in [-0.39, 0.29) is 22.6 Å². The zero-order chi connectivity index (χ0) is 29.1. The maximum absolute atomic E-state index is 11.9. The quantitative estimate of drug-likeness (QED) is 0.102. The molecule has 3 rings (SSSR count). The highest BCUT2D eigenvalue weighted by molar-refractivity contribution is 5.87. The van der Waals surface area contributed by atoms with Crippen molar-refractivity contribution < 1.29 is 39.3 Å². The minimum atomic E-state index is -0.968. The lowest BCUT2D eigenvalue weighted by molar-refractivity contribution is -0.436. The lowest BCUT2D eigenvalue weighted by atomic mass is 9.94. The molecule has 0 aliphatic carbocycles. The van der Waals surface area contributed by atoms with Crippen molar-refractivity contribution in [2.45, 2.75) is 46.5 Å². The van der Waals surface area contributed by atoms with E-state index in [0.717, 1.165) is 34.2 Å². The molecule has 3 aromatic carbocycles. The van der Waals surface area contributed by atoms with Crippen molar-refractivity contribution in [2.75, 3.05) is 6.61 Å². The van der Waals surface area contributed by atoms with Gasteiger partial charge in [0.15, 0.2) is 0 Å². The van der Waals surface area contributed by atoms with Crippen LogP contribution in [0, 0.1) is 6.92 Å². The molecule has 0 aromatic heterocycles. The second-order valence-corrected chi connectivity index (χ2v) is 9.36. The van der Waals surface area contributed by atoms with Gasteiger partial charge in [-0.05, 0) is 72.2 Å². The van der Waals surface area contributed by atoms with Gasteiger partial charge in [-0.25, -0.2) is 14.5 Å². The van der Waals surface area contributed by atoms with Crippen LogP contribution in [0.5, 0.6) is 11.5 Å². The van der Waals surface area contributed by atoms with Crippen molar-refractivity contribution in [3.8, 4) is 33.8 Å². The predicted molar refractivity (Wildman–Crippen MR) is 151 cm³/mol. The number of aliphatic hydroxyl groups excluding tert-OH is 1. The fourth-order valence-electron chi connectivity index (χ4n) is 3.78. The van der Waals surface area contributed by atoms with Crippen molar-refractivity contribution in [2.24, 2.45) is 0 Å². The third kappa shape index (κ3) is 8.30. The molecule has 0 spiro atoms. The fraction of sp³-hybridized carbons (Fsp3) is 0.250. The van der Waals surface area contributed by atoms with Gasteiger partial charge in [0.1, 0.15) is 0 Å². The van der Waals surface area contributed by atoms with Gasteiger partial charge < -0.3 is 5.11 Å². The van der Waals surface area contributed by atoms with Crippen molar-refractivity contribution in [3.05, 3.63) is 96.1 Å². The monoisotopic (exact) mass is 546 g/mol. The molecular formula is C32H34O8. The Hall–Kier alpha value is -4.40. The second kappa shape index (κ2) is 14.7. The molecule has 3 aromatic rings. The number of aliphatic hydroxyl groups is 1. The third-order valence-electron chi connectivity index (χ3n) is 6.11. The van der Waals surface area contributed by atoms with Crippen LogP contribution in [0.1, 0.15) is 44.2 Å². The first-order valence-electron chi connectivity index (χ1n) is 13.0. The molecule has 0 bridgehead atoms. The molecule has 0 aliphatic rings. The number of carbonyl (C=O) groups is 2. The first-order valence-corrected chi connectivity index (χ1v) is 13.0. The molecule has 40 heavy (non-hydrogen) atoms. The lowest BCUT2D eigenvalue weighted by Gasteiger charge is -2.13. The van der Waals surface area contributed by atoms with E-state index >= 15 is 0 Å². The van der Waals surface area contributed by atoms with E-state index in [4.69, 9.17) is 19.8 Å². The van der Waals surface area contributed by atoms with Crippen LogP contribution in [0.15, 0.2) is 85.0 Å². The van der Waals surface area contributed by atoms with Crippen LogP contribution < -0.4 is 9.78 Å². The molecule has 0 aliphatic heterocycles. The topological polar surface area (TPSA) is 101 Å². The van der Waals surface area contributed by atoms with Gasteiger partial charge in [-0.3, -0.25) is 14.7 Å². The Balaban J connectivity index is 1.82. The summed E-state index contributed by atoms with van der Waals surface area (Å²) in [4.78, 5) is 43.0. The molecule has 8 heteroatoms. The number of benzene rings is 3. The number of hydrogen-bond acceptors (Lipinski definition) is 8. The number of rotatable bonds is 14. The molecule has 0 amide bonds. The van der Waals surface area contributed by atoms with E-state index in [1.807, 2.05) is 25.1 Å². The summed E-state index contributed by atoms with van der Waals surface area (Å²) in [5.41, 5.74) is 6.15. The standard InChI is InChI=1S/C32H34O8/c1-6-7-8-9-24-10-12-25(13-11-24)28-16-14-26(18-22(28)4)27-15-17-29(37-40-39-31(34)21(2)3)30(19-27)36-38-32(35)23(5)20-33/h10-19,33H,2,5-9,20H2,1,3-4H3. The molecule has 0 saturated heterocycles. The lowest BCUT2D eigenvalue weighted by Crippen LogP contribution is -2.13. The zero-order valence-corrected chi connectivity index (χ0v) is 23.0. The van der Waals surface area contributed by atoms with Crippen molar-refractivity contribution >= 4 is 11.9 Å². The first-order chi connectivity index (χ1) is 19.2. The molecule has 1 N–H and O–H groups in total. The van der Waals surface area contributed by atoms with Gasteiger partial charge in [-0.1, -0.05) is 81.5 Å². The van der Waals surface area contributed by atoms with Gasteiger partial charge >= 0.3 is 11.9 Å². The van der Waals surface area contributed by atoms with Crippen LogP contribution in [0.4, 0.5) is 0 Å². The van der Waals surface area contributed by atoms with E-state index in [0.29, 0.717) is 0 Å². The summed E-state index contributed by atoms with van der Waals surface area (Å²) in [7, 11) is 0. The molecule has 0 saturated carbocycles. The number of aryl methyl sites for hydroxylation is 2. The number of hydrogen-bond donors (Lipinski definition) is 1. The fourth-order valence-corrected chi connectivity index (χ4v) is 3.78. The van der Waals surface area contributed by atoms with E-state index < -0.39 is 18.5 Å². The average Bonchev–Trinajstić information content (AvgIpc) is 2.96. The van der Waals surface area contributed by atoms with Crippen molar-refractivity contribution in [1.82, 2.24) is 0 Å². The molecule has 0 atom stereocenters. The van der Waals surface area contributed by atoms with Gasteiger partial charge in [-0.2, -0.15) is 0 Å². The van der Waals surface area contributed by atoms with Crippen LogP contribution in [0.3, 0.4) is 0 Å². The molecule has 0 radical (unpaired) electrons. The summed E-state index contributed by atoms with van der Waals surface area (Å²) in [6, 6.07) is 19.5. The Morgan fingerprint density at radius 2 is 1.48 bits per heavy atom. The van der Waals surface area contributed by atoms with Crippen molar-refractivity contribution in [3.63, 3.8) is 0 Å². The van der Waals surface area contributed by atoms with Gasteiger partial charge in [0.25, 0.3) is 0 Å². The summed E-state index contributed by atoms with van der Waals surface area (Å²) in [5, 5.41) is 13.6. The summed E-state index contributed by atoms with van der Waals surface area (Å²) >= 11 is 0.